The smallest absolute Gasteiger partial charge is 0.0911 e. The van der Waals surface area contributed by atoms with Crippen molar-refractivity contribution in [1.29, 1.82) is 0 Å². The molecule has 0 aliphatic heterocycles. The van der Waals surface area contributed by atoms with Crippen LogP contribution in [-0.4, -0.2) is 9.67 Å². The van der Waals surface area contributed by atoms with Crippen molar-refractivity contribution in [2.75, 3.05) is 0 Å². The lowest BCUT2D eigenvalue weighted by molar-refractivity contribution is 0.190. The van der Waals surface area contributed by atoms with E-state index in [0.29, 0.717) is 0 Å². The first-order valence-electron chi connectivity index (χ1n) is 4.20. The highest BCUT2D eigenvalue weighted by atomic mass is 16.3. The van der Waals surface area contributed by atoms with E-state index in [2.05, 4.69) is 6.08 Å². The minimum atomic E-state index is -0.384. The average molecular weight is 165 g/mol. The zero-order valence-corrected chi connectivity index (χ0v) is 7.57. The second kappa shape index (κ2) is 4.12. The summed E-state index contributed by atoms with van der Waals surface area (Å²) >= 11 is 0. The largest absolute Gasteiger partial charge is 0.387 e. The van der Waals surface area contributed by atoms with Gasteiger partial charge in [0.1, 0.15) is 0 Å². The molecule has 0 saturated heterocycles. The second-order valence-corrected chi connectivity index (χ2v) is 2.83. The van der Waals surface area contributed by atoms with Crippen molar-refractivity contribution in [3.05, 3.63) is 36.2 Å². The number of nitrogens with zero attached hydrogens (tertiary/aromatic N) is 1. The van der Waals surface area contributed by atoms with Gasteiger partial charge in [-0.25, -0.2) is 0 Å². The first-order valence-corrected chi connectivity index (χ1v) is 4.20. The summed E-state index contributed by atoms with van der Waals surface area (Å²) in [5.74, 6) is 0. The maximum absolute atomic E-state index is 9.35. The third-order valence-corrected chi connectivity index (χ3v) is 1.83. The summed E-state index contributed by atoms with van der Waals surface area (Å²) in [7, 11) is 0. The fourth-order valence-corrected chi connectivity index (χ4v) is 1.19. The highest BCUT2D eigenvalue weighted by Gasteiger charge is 2.04. The minimum absolute atomic E-state index is 0.384. The maximum atomic E-state index is 9.35. The third kappa shape index (κ3) is 1.98. The fraction of sp³-hybridized carbons (Fsp3) is 0.400. The Morgan fingerprint density at radius 1 is 1.67 bits per heavy atom. The van der Waals surface area contributed by atoms with Crippen LogP contribution in [0.25, 0.3) is 0 Å². The second-order valence-electron chi connectivity index (χ2n) is 2.83. The lowest BCUT2D eigenvalue weighted by Gasteiger charge is -2.08. The van der Waals surface area contributed by atoms with E-state index in [1.54, 1.807) is 6.92 Å². The van der Waals surface area contributed by atoms with Crippen LogP contribution in [0, 0.1) is 0 Å². The molecule has 1 aromatic rings. The van der Waals surface area contributed by atoms with E-state index < -0.39 is 0 Å². The molecule has 0 bridgehead atoms. The summed E-state index contributed by atoms with van der Waals surface area (Å²) in [5.41, 5.74) is 0.966. The van der Waals surface area contributed by atoms with Crippen LogP contribution in [-0.2, 0) is 6.54 Å². The van der Waals surface area contributed by atoms with Crippen molar-refractivity contribution in [2.24, 2.45) is 0 Å². The van der Waals surface area contributed by atoms with Crippen molar-refractivity contribution in [1.82, 2.24) is 4.57 Å². The minimum Gasteiger partial charge on any atom is -0.387 e. The molecule has 0 saturated carbocycles. The summed E-state index contributed by atoms with van der Waals surface area (Å²) in [5, 5.41) is 9.35. The molecule has 0 aliphatic rings. The van der Waals surface area contributed by atoms with Crippen LogP contribution in [0.1, 0.15) is 25.6 Å². The monoisotopic (exact) mass is 165 g/mol. The van der Waals surface area contributed by atoms with Crippen molar-refractivity contribution in [2.45, 2.75) is 26.5 Å². The number of rotatable bonds is 3. The van der Waals surface area contributed by atoms with Gasteiger partial charge in [0.15, 0.2) is 0 Å². The number of hydrogen-bond acceptors (Lipinski definition) is 1. The molecule has 2 heteroatoms. The summed E-state index contributed by atoms with van der Waals surface area (Å²) in [6.45, 7) is 4.61. The first kappa shape index (κ1) is 9.07. The molecule has 0 aliphatic carbocycles. The predicted octanol–water partition coefficient (Wildman–Crippen LogP) is 2.12. The normalized spacial score (nSPS) is 13.9. The summed E-state index contributed by atoms with van der Waals surface area (Å²) < 4.78 is 2.03. The van der Waals surface area contributed by atoms with Gasteiger partial charge in [-0.15, -0.1) is 0 Å². The van der Waals surface area contributed by atoms with Crippen molar-refractivity contribution in [3.8, 4) is 0 Å². The molecule has 1 unspecified atom stereocenters. The predicted molar refractivity (Wildman–Crippen MR) is 49.9 cm³/mol. The Labute approximate surface area is 73.1 Å². The van der Waals surface area contributed by atoms with Crippen LogP contribution in [0.5, 0.6) is 0 Å². The Morgan fingerprint density at radius 2 is 2.42 bits per heavy atom. The Balaban J connectivity index is 2.77. The van der Waals surface area contributed by atoms with Gasteiger partial charge < -0.3 is 9.67 Å². The van der Waals surface area contributed by atoms with E-state index in [1.165, 1.54) is 0 Å². The van der Waals surface area contributed by atoms with Gasteiger partial charge in [0, 0.05) is 18.4 Å². The van der Waals surface area contributed by atoms with Crippen LogP contribution in [0.2, 0.25) is 0 Å². The van der Waals surface area contributed by atoms with Gasteiger partial charge in [0.05, 0.1) is 6.10 Å². The maximum Gasteiger partial charge on any atom is 0.0911 e. The highest BCUT2D eigenvalue weighted by molar-refractivity contribution is 5.10. The van der Waals surface area contributed by atoms with E-state index in [4.69, 9.17) is 0 Å². The summed E-state index contributed by atoms with van der Waals surface area (Å²) in [6, 6.07) is 3.89. The SMILES string of the molecule is C/C=C/Cn1cccc1C(C)O. The Morgan fingerprint density at radius 3 is 3.00 bits per heavy atom. The Kier molecular flexibility index (Phi) is 3.11. The van der Waals surface area contributed by atoms with Crippen LogP contribution in [0.3, 0.4) is 0 Å². The van der Waals surface area contributed by atoms with E-state index in [9.17, 15) is 5.11 Å². The number of allylic oxidation sites excluding steroid dienone is 2. The molecule has 0 fully saturated rings. The van der Waals surface area contributed by atoms with E-state index in [0.717, 1.165) is 12.2 Å². The van der Waals surface area contributed by atoms with E-state index in [-0.39, 0.29) is 6.10 Å². The summed E-state index contributed by atoms with van der Waals surface area (Å²) in [4.78, 5) is 0. The fourth-order valence-electron chi connectivity index (χ4n) is 1.19. The third-order valence-electron chi connectivity index (χ3n) is 1.83. The van der Waals surface area contributed by atoms with Crippen LogP contribution < -0.4 is 0 Å². The molecule has 1 heterocycles. The number of aliphatic hydroxyl groups excluding tert-OH is 1. The van der Waals surface area contributed by atoms with Gasteiger partial charge in [0.25, 0.3) is 0 Å². The Hall–Kier alpha value is -1.02. The van der Waals surface area contributed by atoms with Crippen molar-refractivity contribution < 1.29 is 5.11 Å². The highest BCUT2D eigenvalue weighted by Crippen LogP contribution is 2.12. The van der Waals surface area contributed by atoms with Gasteiger partial charge in [-0.2, -0.15) is 0 Å². The molecule has 2 nitrogen and oxygen atoms in total. The van der Waals surface area contributed by atoms with E-state index in [1.807, 2.05) is 35.9 Å². The molecule has 1 rings (SSSR count). The molecule has 0 radical (unpaired) electrons. The quantitative estimate of drug-likeness (QED) is 0.682. The first-order chi connectivity index (χ1) is 5.75. The summed E-state index contributed by atoms with van der Waals surface area (Å²) in [6.07, 6.45) is 5.66. The zero-order valence-electron chi connectivity index (χ0n) is 7.57. The van der Waals surface area contributed by atoms with Crippen molar-refractivity contribution >= 4 is 0 Å². The van der Waals surface area contributed by atoms with Gasteiger partial charge in [-0.3, -0.25) is 0 Å². The Bertz CT molecular complexity index is 261. The number of aliphatic hydroxyl groups is 1. The molecule has 0 amide bonds. The molecule has 1 aromatic heterocycles. The zero-order chi connectivity index (χ0) is 8.97. The molecular weight excluding hydrogens is 150 g/mol. The van der Waals surface area contributed by atoms with E-state index >= 15 is 0 Å². The van der Waals surface area contributed by atoms with Crippen LogP contribution >= 0.6 is 0 Å². The molecule has 0 aromatic carbocycles. The van der Waals surface area contributed by atoms with Gasteiger partial charge >= 0.3 is 0 Å². The lowest BCUT2D eigenvalue weighted by Crippen LogP contribution is -2.02. The topological polar surface area (TPSA) is 25.2 Å². The molecular formula is C10H15NO. The number of aromatic nitrogens is 1. The van der Waals surface area contributed by atoms with Crippen molar-refractivity contribution in [3.63, 3.8) is 0 Å². The van der Waals surface area contributed by atoms with Gasteiger partial charge in [-0.1, -0.05) is 12.2 Å². The molecule has 0 spiro atoms. The molecule has 12 heavy (non-hydrogen) atoms. The van der Waals surface area contributed by atoms with Crippen LogP contribution in [0.15, 0.2) is 30.5 Å². The van der Waals surface area contributed by atoms with Gasteiger partial charge in [-0.05, 0) is 26.0 Å². The van der Waals surface area contributed by atoms with Gasteiger partial charge in [0.2, 0.25) is 0 Å². The molecule has 1 atom stereocenters. The van der Waals surface area contributed by atoms with Crippen LogP contribution in [0.4, 0.5) is 0 Å². The molecule has 66 valence electrons. The molecule has 1 N–H and O–H groups in total. The standard InChI is InChI=1S/C10H15NO/c1-3-4-7-11-8-5-6-10(11)9(2)12/h3-6,8-9,12H,7H2,1-2H3/b4-3+. The lowest BCUT2D eigenvalue weighted by atomic mass is 10.3. The average Bonchev–Trinajstić information content (AvgIpc) is 2.48. The number of hydrogen-bond donors (Lipinski definition) is 1.